The number of ether oxygens (including phenoxy) is 2. The third-order valence-corrected chi connectivity index (χ3v) is 4.11. The minimum Gasteiger partial charge on any atom is -0.485 e. The molecule has 0 aliphatic rings. The van der Waals surface area contributed by atoms with Gasteiger partial charge < -0.3 is 15.2 Å². The zero-order valence-corrected chi connectivity index (χ0v) is 15.1. The summed E-state index contributed by atoms with van der Waals surface area (Å²) in [5, 5.41) is 0. The molecule has 0 fully saturated rings. The van der Waals surface area contributed by atoms with Crippen LogP contribution in [-0.4, -0.2) is 12.3 Å². The van der Waals surface area contributed by atoms with Crippen molar-refractivity contribution in [1.82, 2.24) is 0 Å². The molecular weight excluding hydrogens is 338 g/mol. The van der Waals surface area contributed by atoms with Gasteiger partial charge >= 0.3 is 0 Å². The molecule has 4 heteroatoms. The molecule has 0 saturated carbocycles. The van der Waals surface area contributed by atoms with Gasteiger partial charge in [-0.15, -0.1) is 0 Å². The zero-order valence-electron chi connectivity index (χ0n) is 15.1. The van der Waals surface area contributed by atoms with Crippen molar-refractivity contribution in [3.8, 4) is 11.5 Å². The molecule has 3 rings (SSSR count). The lowest BCUT2D eigenvalue weighted by atomic mass is 10.1. The number of hydrogen-bond donors (Lipinski definition) is 1. The van der Waals surface area contributed by atoms with Gasteiger partial charge in [-0.1, -0.05) is 60.7 Å². The second-order valence-electron chi connectivity index (χ2n) is 6.17. The molecule has 0 aliphatic heterocycles. The maximum Gasteiger partial charge on any atom is 0.164 e. The van der Waals surface area contributed by atoms with Gasteiger partial charge in [0.2, 0.25) is 0 Å². The number of Topliss-reactive ketones (excluding diaryl/α,β-unsaturated/α-hetero) is 1. The van der Waals surface area contributed by atoms with E-state index in [1.165, 1.54) is 0 Å². The normalized spacial score (nSPS) is 10.4. The van der Waals surface area contributed by atoms with Gasteiger partial charge in [0.05, 0.1) is 0 Å². The highest BCUT2D eigenvalue weighted by Gasteiger charge is 2.12. The molecule has 4 nitrogen and oxygen atoms in total. The standard InChI is InChI=1S/C23H23NO3/c24-14-13-21(25)20-11-12-22(26-16-18-7-3-1-4-8-18)23(15-20)27-17-19-9-5-2-6-10-19/h1-12,15H,13-14,16-17,24H2. The van der Waals surface area contributed by atoms with E-state index in [-0.39, 0.29) is 5.78 Å². The second-order valence-corrected chi connectivity index (χ2v) is 6.17. The highest BCUT2D eigenvalue weighted by molar-refractivity contribution is 5.96. The third-order valence-electron chi connectivity index (χ3n) is 4.11. The van der Waals surface area contributed by atoms with Crippen molar-refractivity contribution in [2.45, 2.75) is 19.6 Å². The molecule has 0 aromatic heterocycles. The van der Waals surface area contributed by atoms with Gasteiger partial charge in [0.1, 0.15) is 13.2 Å². The molecule has 2 N–H and O–H groups in total. The highest BCUT2D eigenvalue weighted by Crippen LogP contribution is 2.30. The maximum absolute atomic E-state index is 12.2. The van der Waals surface area contributed by atoms with E-state index in [0.717, 1.165) is 11.1 Å². The quantitative estimate of drug-likeness (QED) is 0.575. The summed E-state index contributed by atoms with van der Waals surface area (Å²) in [5.41, 5.74) is 8.20. The first-order chi connectivity index (χ1) is 13.3. The molecule has 0 heterocycles. The molecule has 0 spiro atoms. The van der Waals surface area contributed by atoms with Crippen LogP contribution in [-0.2, 0) is 13.2 Å². The van der Waals surface area contributed by atoms with Crippen molar-refractivity contribution in [3.05, 3.63) is 95.6 Å². The van der Waals surface area contributed by atoms with E-state index in [4.69, 9.17) is 15.2 Å². The van der Waals surface area contributed by atoms with Crippen molar-refractivity contribution in [2.75, 3.05) is 6.54 Å². The van der Waals surface area contributed by atoms with Crippen molar-refractivity contribution >= 4 is 5.78 Å². The fourth-order valence-corrected chi connectivity index (χ4v) is 2.66. The number of benzene rings is 3. The van der Waals surface area contributed by atoms with Crippen LogP contribution < -0.4 is 15.2 Å². The zero-order chi connectivity index (χ0) is 18.9. The van der Waals surface area contributed by atoms with Crippen LogP contribution in [0, 0.1) is 0 Å². The smallest absolute Gasteiger partial charge is 0.164 e. The Kier molecular flexibility index (Phi) is 6.61. The predicted molar refractivity (Wildman–Crippen MR) is 106 cm³/mol. The summed E-state index contributed by atoms with van der Waals surface area (Å²) < 4.78 is 11.9. The first-order valence-corrected chi connectivity index (χ1v) is 8.97. The van der Waals surface area contributed by atoms with Gasteiger partial charge in [0.25, 0.3) is 0 Å². The van der Waals surface area contributed by atoms with Crippen molar-refractivity contribution in [2.24, 2.45) is 5.73 Å². The average molecular weight is 361 g/mol. The highest BCUT2D eigenvalue weighted by atomic mass is 16.5. The molecule has 0 aliphatic carbocycles. The van der Waals surface area contributed by atoms with Crippen LogP contribution in [0.25, 0.3) is 0 Å². The number of carbonyl (C=O) groups excluding carboxylic acids is 1. The lowest BCUT2D eigenvalue weighted by Gasteiger charge is -2.14. The largest absolute Gasteiger partial charge is 0.485 e. The van der Waals surface area contributed by atoms with Gasteiger partial charge in [0, 0.05) is 12.0 Å². The van der Waals surface area contributed by atoms with E-state index in [1.54, 1.807) is 18.2 Å². The Morgan fingerprint density at radius 3 is 1.85 bits per heavy atom. The van der Waals surface area contributed by atoms with Gasteiger partial charge in [-0.05, 0) is 35.9 Å². The number of carbonyl (C=O) groups is 1. The van der Waals surface area contributed by atoms with Crippen LogP contribution in [0.5, 0.6) is 11.5 Å². The van der Waals surface area contributed by atoms with Crippen LogP contribution in [0.15, 0.2) is 78.9 Å². The topological polar surface area (TPSA) is 61.6 Å². The van der Waals surface area contributed by atoms with Crippen molar-refractivity contribution in [3.63, 3.8) is 0 Å². The van der Waals surface area contributed by atoms with Gasteiger partial charge in [-0.2, -0.15) is 0 Å². The van der Waals surface area contributed by atoms with Crippen molar-refractivity contribution < 1.29 is 14.3 Å². The summed E-state index contributed by atoms with van der Waals surface area (Å²) in [4.78, 5) is 12.2. The van der Waals surface area contributed by atoms with E-state index >= 15 is 0 Å². The summed E-state index contributed by atoms with van der Waals surface area (Å²) in [7, 11) is 0. The fourth-order valence-electron chi connectivity index (χ4n) is 2.66. The Morgan fingerprint density at radius 1 is 0.741 bits per heavy atom. The lowest BCUT2D eigenvalue weighted by Crippen LogP contribution is -2.09. The summed E-state index contributed by atoms with van der Waals surface area (Å²) in [5.74, 6) is 1.16. The molecule has 138 valence electrons. The molecular formula is C23H23NO3. The summed E-state index contributed by atoms with van der Waals surface area (Å²) >= 11 is 0. The minimum atomic E-state index is -0.00308. The van der Waals surface area contributed by atoms with Crippen LogP contribution >= 0.6 is 0 Å². The van der Waals surface area contributed by atoms with E-state index in [1.807, 2.05) is 60.7 Å². The summed E-state index contributed by atoms with van der Waals surface area (Å²) in [6.07, 6.45) is 0.308. The Labute approximate surface area is 159 Å². The second kappa shape index (κ2) is 9.55. The summed E-state index contributed by atoms with van der Waals surface area (Å²) in [6, 6.07) is 25.1. The predicted octanol–water partition coefficient (Wildman–Crippen LogP) is 4.38. The minimum absolute atomic E-state index is 0.00308. The molecule has 0 atom stereocenters. The lowest BCUT2D eigenvalue weighted by molar-refractivity contribution is 0.0985. The van der Waals surface area contributed by atoms with Crippen LogP contribution in [0.1, 0.15) is 27.9 Å². The first kappa shape index (κ1) is 18.7. The van der Waals surface area contributed by atoms with E-state index in [9.17, 15) is 4.79 Å². The summed E-state index contributed by atoms with van der Waals surface area (Å²) in [6.45, 7) is 1.15. The molecule has 27 heavy (non-hydrogen) atoms. The average Bonchev–Trinajstić information content (AvgIpc) is 2.72. The maximum atomic E-state index is 12.2. The van der Waals surface area contributed by atoms with E-state index < -0.39 is 0 Å². The Balaban J connectivity index is 1.78. The third kappa shape index (κ3) is 5.43. The number of ketones is 1. The molecule has 3 aromatic rings. The molecule has 0 bridgehead atoms. The number of nitrogens with two attached hydrogens (primary N) is 1. The van der Waals surface area contributed by atoms with Gasteiger partial charge in [-0.3, -0.25) is 4.79 Å². The van der Waals surface area contributed by atoms with Gasteiger partial charge in [-0.25, -0.2) is 0 Å². The Hall–Kier alpha value is -3.11. The first-order valence-electron chi connectivity index (χ1n) is 8.97. The molecule has 0 radical (unpaired) electrons. The molecule has 0 unspecified atom stereocenters. The van der Waals surface area contributed by atoms with E-state index in [0.29, 0.717) is 43.2 Å². The van der Waals surface area contributed by atoms with Gasteiger partial charge in [0.15, 0.2) is 17.3 Å². The molecule has 0 saturated heterocycles. The molecule has 3 aromatic carbocycles. The fraction of sp³-hybridized carbons (Fsp3) is 0.174. The monoisotopic (exact) mass is 361 g/mol. The van der Waals surface area contributed by atoms with Crippen molar-refractivity contribution in [1.29, 1.82) is 0 Å². The number of hydrogen-bond acceptors (Lipinski definition) is 4. The van der Waals surface area contributed by atoms with E-state index in [2.05, 4.69) is 0 Å². The molecule has 0 amide bonds. The van der Waals surface area contributed by atoms with Crippen LogP contribution in [0.2, 0.25) is 0 Å². The van der Waals surface area contributed by atoms with Crippen LogP contribution in [0.4, 0.5) is 0 Å². The Bertz CT molecular complexity index is 863. The Morgan fingerprint density at radius 2 is 1.30 bits per heavy atom. The van der Waals surface area contributed by atoms with Crippen LogP contribution in [0.3, 0.4) is 0 Å². The SMILES string of the molecule is NCCC(=O)c1ccc(OCc2ccccc2)c(OCc2ccccc2)c1. The number of rotatable bonds is 9.